The van der Waals surface area contributed by atoms with Crippen LogP contribution in [-0.4, -0.2) is 33.1 Å². The van der Waals surface area contributed by atoms with Crippen LogP contribution in [0.3, 0.4) is 0 Å². The largest absolute Gasteiger partial charge is 0.444 e. The first-order chi connectivity index (χ1) is 13.0. The second-order valence-corrected chi connectivity index (χ2v) is 7.01. The van der Waals surface area contributed by atoms with Gasteiger partial charge in [0.25, 0.3) is 0 Å². The number of nitrogens with one attached hydrogen (secondary N) is 1. The molecule has 1 atom stereocenters. The van der Waals surface area contributed by atoms with Gasteiger partial charge < -0.3 is 9.72 Å². The Morgan fingerprint density at radius 1 is 1.36 bits per heavy atom. The van der Waals surface area contributed by atoms with Gasteiger partial charge >= 0.3 is 6.09 Å². The van der Waals surface area contributed by atoms with Gasteiger partial charge in [0, 0.05) is 6.54 Å². The topological polar surface area (TPSA) is 58.2 Å². The molecule has 5 nitrogen and oxygen atoms in total. The monoisotopic (exact) mass is 365 g/mol. The number of aromatic amines is 1. The predicted molar refractivity (Wildman–Crippen MR) is 104 cm³/mol. The van der Waals surface area contributed by atoms with Gasteiger partial charge in [0.05, 0.1) is 23.4 Å². The Hall–Kier alpha value is -1.95. The van der Waals surface area contributed by atoms with E-state index in [9.17, 15) is 4.79 Å². The van der Waals surface area contributed by atoms with Crippen molar-refractivity contribution in [2.45, 2.75) is 52.2 Å². The molecule has 0 aliphatic carbocycles. The van der Waals surface area contributed by atoms with E-state index in [0.717, 1.165) is 12.8 Å². The van der Waals surface area contributed by atoms with Gasteiger partial charge in [-0.1, -0.05) is 29.7 Å². The first-order valence-corrected chi connectivity index (χ1v) is 8.13. The van der Waals surface area contributed by atoms with Gasteiger partial charge in [-0.3, -0.25) is 4.90 Å². The van der Waals surface area contributed by atoms with Gasteiger partial charge in [-0.05, 0) is 46.1 Å². The average Bonchev–Trinajstić information content (AvgIpc) is 3.26. The molecule has 0 unspecified atom stereocenters. The van der Waals surface area contributed by atoms with Crippen molar-refractivity contribution in [1.29, 1.82) is 0 Å². The molecule has 136 valence electrons. The second kappa shape index (κ2) is 7.52. The maximum atomic E-state index is 12.5. The van der Waals surface area contributed by atoms with Crippen LogP contribution in [0.2, 0.25) is 0 Å². The number of H-pyrrole nitrogens is 1. The summed E-state index contributed by atoms with van der Waals surface area (Å²) in [6.45, 7) is 7.60. The highest BCUT2D eigenvalue weighted by atomic mass is 32.1. The maximum absolute atomic E-state index is 12.5. The third-order valence-electron chi connectivity index (χ3n) is 3.81. The van der Waals surface area contributed by atoms with Crippen LogP contribution in [-0.2, 0) is 4.74 Å². The fourth-order valence-corrected chi connectivity index (χ4v) is 2.73. The number of ether oxygens (including phenoxy) is 1. The van der Waals surface area contributed by atoms with Crippen molar-refractivity contribution in [3.63, 3.8) is 0 Å². The molecule has 1 aromatic heterocycles. The minimum absolute atomic E-state index is 0. The molecular formula is C19H27N3O2S. The Morgan fingerprint density at radius 2 is 2.04 bits per heavy atom. The molecule has 0 spiro atoms. The van der Waals surface area contributed by atoms with E-state index in [0.29, 0.717) is 23.6 Å². The molecule has 1 aromatic carbocycles. The first kappa shape index (κ1) is 14.2. The Morgan fingerprint density at radius 3 is 2.68 bits per heavy atom. The number of imidazole rings is 1. The quantitative estimate of drug-likeness (QED) is 0.848. The smallest absolute Gasteiger partial charge is 0.410 e. The average molecular weight is 366 g/mol. The molecule has 0 radical (unpaired) electrons. The fourth-order valence-electron chi connectivity index (χ4n) is 2.73. The molecule has 1 saturated heterocycles. The highest BCUT2D eigenvalue weighted by Crippen LogP contribution is 2.32. The summed E-state index contributed by atoms with van der Waals surface area (Å²) in [5, 5.41) is 0. The number of hydrogen-bond donors (Lipinski definition) is 1. The van der Waals surface area contributed by atoms with E-state index in [-0.39, 0.29) is 49.3 Å². The summed E-state index contributed by atoms with van der Waals surface area (Å²) in [4.78, 5) is 21.6. The number of hydrogen-bond acceptors (Lipinski definition) is 3. The fraction of sp³-hybridized carbons (Fsp3) is 0.474. The standard InChI is InChI=1S/C19H25N3O2.H2S/c1-13-7-9-14(10-8-13)15-12-20-17(21-15)16-6-5-11-22(16)18(23)24-19(2,3)4;/h7-10,12,16H,5-6,11H2,1-4H3,(H,20,21);1H2/t16-;/m0./s1/i7D,8D,9D,10D;. The van der Waals surface area contributed by atoms with E-state index in [1.165, 1.54) is 6.20 Å². The van der Waals surface area contributed by atoms with Gasteiger partial charge in [0.2, 0.25) is 0 Å². The highest BCUT2D eigenvalue weighted by Gasteiger charge is 2.34. The molecule has 0 saturated carbocycles. The molecule has 6 heteroatoms. The van der Waals surface area contributed by atoms with Gasteiger partial charge in [0.15, 0.2) is 0 Å². The molecule has 1 aliphatic heterocycles. The highest BCUT2D eigenvalue weighted by molar-refractivity contribution is 7.59. The summed E-state index contributed by atoms with van der Waals surface area (Å²) < 4.78 is 38.0. The normalized spacial score (nSPS) is 19.5. The number of rotatable bonds is 2. The number of aromatic nitrogens is 2. The zero-order valence-corrected chi connectivity index (χ0v) is 16.0. The second-order valence-electron chi connectivity index (χ2n) is 7.01. The Labute approximate surface area is 161 Å². The molecule has 2 heterocycles. The molecular weight excluding hydrogens is 334 g/mol. The van der Waals surface area contributed by atoms with Crippen molar-refractivity contribution in [2.24, 2.45) is 0 Å². The number of nitrogens with zero attached hydrogens (tertiary/aromatic N) is 2. The van der Waals surface area contributed by atoms with Crippen LogP contribution in [0.5, 0.6) is 0 Å². The van der Waals surface area contributed by atoms with Crippen LogP contribution in [0, 0.1) is 6.92 Å². The third-order valence-corrected chi connectivity index (χ3v) is 3.81. The van der Waals surface area contributed by atoms with E-state index in [1.54, 1.807) is 11.8 Å². The zero-order valence-electron chi connectivity index (χ0n) is 19.0. The molecule has 2 aromatic rings. The van der Waals surface area contributed by atoms with Crippen molar-refractivity contribution in [3.8, 4) is 11.3 Å². The minimum Gasteiger partial charge on any atom is -0.444 e. The lowest BCUT2D eigenvalue weighted by molar-refractivity contribution is 0.0219. The summed E-state index contributed by atoms with van der Waals surface area (Å²) >= 11 is 0. The molecule has 1 fully saturated rings. The Bertz CT molecular complexity index is 898. The summed E-state index contributed by atoms with van der Waals surface area (Å²) in [7, 11) is 0. The van der Waals surface area contributed by atoms with Crippen molar-refractivity contribution in [3.05, 3.63) is 41.8 Å². The van der Waals surface area contributed by atoms with Crippen molar-refractivity contribution >= 4 is 19.6 Å². The molecule has 0 bridgehead atoms. The lowest BCUT2D eigenvalue weighted by atomic mass is 10.1. The van der Waals surface area contributed by atoms with Crippen molar-refractivity contribution < 1.29 is 15.0 Å². The van der Waals surface area contributed by atoms with Crippen LogP contribution >= 0.6 is 13.5 Å². The number of carbonyl (C=O) groups is 1. The van der Waals surface area contributed by atoms with E-state index in [2.05, 4.69) is 9.97 Å². The summed E-state index contributed by atoms with van der Waals surface area (Å²) in [6, 6.07) is -0.622. The van der Waals surface area contributed by atoms with Crippen LogP contribution < -0.4 is 0 Å². The third kappa shape index (κ3) is 4.57. The van der Waals surface area contributed by atoms with E-state index < -0.39 is 11.7 Å². The first-order valence-electron chi connectivity index (χ1n) is 10.1. The molecule has 1 N–H and O–H groups in total. The molecule has 1 amide bonds. The van der Waals surface area contributed by atoms with Crippen LogP contribution in [0.15, 0.2) is 30.4 Å². The number of amides is 1. The van der Waals surface area contributed by atoms with Gasteiger partial charge in [-0.2, -0.15) is 13.5 Å². The Balaban J connectivity index is 0.00000300. The molecule has 25 heavy (non-hydrogen) atoms. The lowest BCUT2D eigenvalue weighted by Crippen LogP contribution is -2.36. The van der Waals surface area contributed by atoms with E-state index in [4.69, 9.17) is 10.2 Å². The predicted octanol–water partition coefficient (Wildman–Crippen LogP) is 4.57. The molecule has 3 rings (SSSR count). The van der Waals surface area contributed by atoms with Gasteiger partial charge in [-0.25, -0.2) is 9.78 Å². The van der Waals surface area contributed by atoms with E-state index in [1.807, 2.05) is 20.8 Å². The summed E-state index contributed by atoms with van der Waals surface area (Å²) in [5.74, 6) is 0.552. The van der Waals surface area contributed by atoms with Gasteiger partial charge in [0.1, 0.15) is 11.4 Å². The lowest BCUT2D eigenvalue weighted by Gasteiger charge is -2.27. The van der Waals surface area contributed by atoms with Crippen LogP contribution in [0.25, 0.3) is 11.3 Å². The maximum Gasteiger partial charge on any atom is 0.410 e. The van der Waals surface area contributed by atoms with Crippen LogP contribution in [0.4, 0.5) is 4.79 Å². The zero-order chi connectivity index (χ0) is 20.8. The number of benzene rings is 1. The number of likely N-dealkylation sites (tertiary alicyclic amines) is 1. The minimum atomic E-state index is -0.588. The van der Waals surface area contributed by atoms with Crippen molar-refractivity contribution in [2.75, 3.05) is 6.54 Å². The summed E-state index contributed by atoms with van der Waals surface area (Å²) in [5.41, 5.74) is 0.310. The van der Waals surface area contributed by atoms with Gasteiger partial charge in [-0.15, -0.1) is 0 Å². The number of carbonyl (C=O) groups excluding carboxylic acids is 1. The van der Waals surface area contributed by atoms with Crippen LogP contribution in [0.1, 0.15) is 56.5 Å². The Kier molecular flexibility index (Phi) is 4.28. The van der Waals surface area contributed by atoms with Crippen molar-refractivity contribution in [1.82, 2.24) is 14.9 Å². The summed E-state index contributed by atoms with van der Waals surface area (Å²) in [6.07, 6.45) is 2.66. The van der Waals surface area contributed by atoms with E-state index >= 15 is 0 Å². The SMILES string of the molecule is S.[2H]c1c([2H])c(-c2cnc([C@@H]3CCCN3C(=O)OC(C)(C)C)[nH]2)c([2H])c([2H])c1C. The molecule has 1 aliphatic rings.